The van der Waals surface area contributed by atoms with Crippen LogP contribution in [-0.2, 0) is 9.31 Å². The monoisotopic (exact) mass is 556 g/mol. The van der Waals surface area contributed by atoms with Gasteiger partial charge >= 0.3 is 7.12 Å². The van der Waals surface area contributed by atoms with Crippen LogP contribution in [-0.4, -0.2) is 25.0 Å². The number of hydrogen-bond donors (Lipinski definition) is 0. The molecule has 4 aromatic rings. The smallest absolute Gasteiger partial charge is 0.399 e. The molecule has 2 nitrogen and oxygen atoms in total. The molecule has 216 valence electrons. The molecule has 1 aliphatic heterocycles. The SMILES string of the molecule is Cc1cc(C)c(B(c2c(C)cc(C)cc2C)c2c(C)cc(-c3ccc(B4OC(C)(C)C(C)(C)O4)cc3)cc2C)c(C)c1. The first-order valence-corrected chi connectivity index (χ1v) is 15.3. The first-order valence-electron chi connectivity index (χ1n) is 15.3. The third-order valence-corrected chi connectivity index (χ3v) is 9.71. The highest BCUT2D eigenvalue weighted by Crippen LogP contribution is 2.36. The second-order valence-electron chi connectivity index (χ2n) is 13.8. The van der Waals surface area contributed by atoms with Crippen molar-refractivity contribution in [2.24, 2.45) is 0 Å². The summed E-state index contributed by atoms with van der Waals surface area (Å²) >= 11 is 0. The number of benzene rings is 4. The van der Waals surface area contributed by atoms with E-state index in [0.29, 0.717) is 0 Å². The van der Waals surface area contributed by atoms with Gasteiger partial charge in [0.05, 0.1) is 11.2 Å². The Morgan fingerprint density at radius 2 is 0.810 bits per heavy atom. The topological polar surface area (TPSA) is 18.5 Å². The van der Waals surface area contributed by atoms with Gasteiger partial charge in [0.2, 0.25) is 6.71 Å². The van der Waals surface area contributed by atoms with Crippen LogP contribution in [0, 0.1) is 55.4 Å². The number of hydrogen-bond acceptors (Lipinski definition) is 2. The van der Waals surface area contributed by atoms with Gasteiger partial charge in [0.15, 0.2) is 0 Å². The van der Waals surface area contributed by atoms with Crippen molar-refractivity contribution < 1.29 is 9.31 Å². The molecule has 0 saturated carbocycles. The first kappa shape index (κ1) is 30.4. The fourth-order valence-electron chi connectivity index (χ4n) is 7.13. The summed E-state index contributed by atoms with van der Waals surface area (Å²) in [4.78, 5) is 0. The van der Waals surface area contributed by atoms with Crippen LogP contribution < -0.4 is 21.9 Å². The van der Waals surface area contributed by atoms with Gasteiger partial charge in [-0.25, -0.2) is 0 Å². The van der Waals surface area contributed by atoms with Crippen molar-refractivity contribution in [3.8, 4) is 11.1 Å². The molecule has 0 aromatic heterocycles. The van der Waals surface area contributed by atoms with Crippen molar-refractivity contribution in [2.45, 2.75) is 94.3 Å². The summed E-state index contributed by atoms with van der Waals surface area (Å²) < 4.78 is 12.6. The van der Waals surface area contributed by atoms with E-state index < -0.39 is 0 Å². The Hall–Kier alpha value is -3.07. The molecule has 1 fully saturated rings. The fourth-order valence-corrected chi connectivity index (χ4v) is 7.13. The quantitative estimate of drug-likeness (QED) is 0.257. The molecule has 0 N–H and O–H groups in total. The lowest BCUT2D eigenvalue weighted by molar-refractivity contribution is 0.00578. The molecule has 1 heterocycles. The highest BCUT2D eigenvalue weighted by atomic mass is 16.7. The molecule has 1 saturated heterocycles. The minimum Gasteiger partial charge on any atom is -0.399 e. The van der Waals surface area contributed by atoms with Crippen LogP contribution in [0.4, 0.5) is 0 Å². The third kappa shape index (κ3) is 5.40. The van der Waals surface area contributed by atoms with Crippen molar-refractivity contribution in [1.29, 1.82) is 0 Å². The van der Waals surface area contributed by atoms with Crippen LogP contribution in [0.5, 0.6) is 0 Å². The Kier molecular flexibility index (Phi) is 7.88. The van der Waals surface area contributed by atoms with Crippen LogP contribution in [0.3, 0.4) is 0 Å². The number of aryl methyl sites for hydroxylation is 8. The van der Waals surface area contributed by atoms with Gasteiger partial charge in [-0.15, -0.1) is 0 Å². The highest BCUT2D eigenvalue weighted by molar-refractivity contribution is 6.97. The van der Waals surface area contributed by atoms with Crippen LogP contribution in [0.15, 0.2) is 60.7 Å². The van der Waals surface area contributed by atoms with Gasteiger partial charge in [-0.05, 0) is 99.7 Å². The molecule has 1 aliphatic rings. The summed E-state index contributed by atoms with van der Waals surface area (Å²) in [7, 11) is -0.349. The van der Waals surface area contributed by atoms with Gasteiger partial charge in [-0.2, -0.15) is 0 Å². The molecule has 0 radical (unpaired) electrons. The maximum absolute atomic E-state index is 6.29. The molecule has 0 amide bonds. The molecular weight excluding hydrogens is 510 g/mol. The predicted molar refractivity (Wildman–Crippen MR) is 183 cm³/mol. The minimum atomic E-state index is -0.349. The summed E-state index contributed by atoms with van der Waals surface area (Å²) in [6, 6.07) is 22.8. The molecule has 0 bridgehead atoms. The van der Waals surface area contributed by atoms with E-state index in [0.717, 1.165) is 5.46 Å². The Balaban J connectivity index is 1.60. The lowest BCUT2D eigenvalue weighted by Crippen LogP contribution is -2.57. The van der Waals surface area contributed by atoms with Crippen molar-refractivity contribution >= 4 is 35.7 Å². The Bertz CT molecular complexity index is 1520. The summed E-state index contributed by atoms with van der Waals surface area (Å²) in [6.07, 6.45) is 0. The predicted octanol–water partition coefficient (Wildman–Crippen LogP) is 6.64. The summed E-state index contributed by atoms with van der Waals surface area (Å²) in [6.45, 7) is 26.7. The van der Waals surface area contributed by atoms with Gasteiger partial charge in [0.25, 0.3) is 0 Å². The third-order valence-electron chi connectivity index (χ3n) is 9.71. The van der Waals surface area contributed by atoms with Crippen molar-refractivity contribution in [3.63, 3.8) is 0 Å². The minimum absolute atomic E-state index is 0.172. The standard InChI is InChI=1S/C38H46B2O2/c1-23-17-25(3)34(26(4)18-23)39(35-27(5)19-24(2)20-28(35)6)36-29(7)21-32(22-30(36)8)31-13-15-33(16-14-31)40-41-37(9,10)38(11,12)42-40/h13-22H,1-12H3. The van der Waals surface area contributed by atoms with Crippen molar-refractivity contribution in [3.05, 3.63) is 105 Å². The lowest BCUT2D eigenvalue weighted by Gasteiger charge is -2.32. The molecule has 4 heteroatoms. The van der Waals surface area contributed by atoms with E-state index in [1.165, 1.54) is 72.0 Å². The van der Waals surface area contributed by atoms with E-state index in [1.807, 2.05) is 0 Å². The van der Waals surface area contributed by atoms with Crippen LogP contribution >= 0.6 is 0 Å². The molecule has 0 aliphatic carbocycles. The normalized spacial score (nSPS) is 15.8. The van der Waals surface area contributed by atoms with E-state index in [9.17, 15) is 0 Å². The fraction of sp³-hybridized carbons (Fsp3) is 0.368. The second-order valence-corrected chi connectivity index (χ2v) is 13.8. The Morgan fingerprint density at radius 1 is 0.476 bits per heavy atom. The van der Waals surface area contributed by atoms with Crippen LogP contribution in [0.1, 0.15) is 72.2 Å². The summed E-state index contributed by atoms with van der Waals surface area (Å²) in [5.74, 6) is 0. The zero-order chi connectivity index (χ0) is 30.7. The maximum Gasteiger partial charge on any atom is 0.494 e. The average molecular weight is 556 g/mol. The highest BCUT2D eigenvalue weighted by Gasteiger charge is 2.51. The van der Waals surface area contributed by atoms with Gasteiger partial charge < -0.3 is 9.31 Å². The van der Waals surface area contributed by atoms with Crippen LogP contribution in [0.2, 0.25) is 0 Å². The molecular formula is C38H46B2O2. The molecule has 5 rings (SSSR count). The van der Waals surface area contributed by atoms with E-state index in [1.54, 1.807) is 0 Å². The van der Waals surface area contributed by atoms with Crippen molar-refractivity contribution in [1.82, 2.24) is 0 Å². The van der Waals surface area contributed by atoms with Gasteiger partial charge in [0.1, 0.15) is 0 Å². The molecule has 0 spiro atoms. The first-order chi connectivity index (χ1) is 19.6. The average Bonchev–Trinajstić information content (AvgIpc) is 3.08. The molecule has 0 unspecified atom stereocenters. The molecule has 42 heavy (non-hydrogen) atoms. The largest absolute Gasteiger partial charge is 0.494 e. The number of rotatable bonds is 5. The zero-order valence-corrected chi connectivity index (χ0v) is 27.7. The van der Waals surface area contributed by atoms with Gasteiger partial charge in [-0.3, -0.25) is 0 Å². The van der Waals surface area contributed by atoms with Crippen molar-refractivity contribution in [2.75, 3.05) is 0 Å². The Labute approximate surface area is 255 Å². The van der Waals surface area contributed by atoms with E-state index in [4.69, 9.17) is 9.31 Å². The maximum atomic E-state index is 6.29. The van der Waals surface area contributed by atoms with E-state index in [2.05, 4.69) is 144 Å². The lowest BCUT2D eigenvalue weighted by atomic mass is 9.33. The van der Waals surface area contributed by atoms with Gasteiger partial charge in [-0.1, -0.05) is 122 Å². The summed E-state index contributed by atoms with van der Waals surface area (Å²) in [5.41, 5.74) is 17.8. The second kappa shape index (κ2) is 10.9. The molecule has 4 aromatic carbocycles. The Morgan fingerprint density at radius 3 is 1.17 bits per heavy atom. The zero-order valence-electron chi connectivity index (χ0n) is 27.7. The van der Waals surface area contributed by atoms with Gasteiger partial charge in [0, 0.05) is 0 Å². The van der Waals surface area contributed by atoms with Crippen LogP contribution in [0.25, 0.3) is 11.1 Å². The molecule has 0 atom stereocenters. The van der Waals surface area contributed by atoms with E-state index >= 15 is 0 Å². The summed E-state index contributed by atoms with van der Waals surface area (Å²) in [5, 5.41) is 0. The van der Waals surface area contributed by atoms with E-state index in [-0.39, 0.29) is 25.0 Å².